The summed E-state index contributed by atoms with van der Waals surface area (Å²) in [7, 11) is -0.625. The largest absolute Gasteiger partial charge is 0.506 e. The summed E-state index contributed by atoms with van der Waals surface area (Å²) in [5.74, 6) is 1.42. The summed E-state index contributed by atoms with van der Waals surface area (Å²) >= 11 is 0. The van der Waals surface area contributed by atoms with Crippen molar-refractivity contribution in [1.82, 2.24) is 5.32 Å². The van der Waals surface area contributed by atoms with Gasteiger partial charge in [-0.1, -0.05) is 48.5 Å². The van der Waals surface area contributed by atoms with Gasteiger partial charge >= 0.3 is 0 Å². The maximum atomic E-state index is 12.8. The predicted octanol–water partition coefficient (Wildman–Crippen LogP) is 5.06. The highest BCUT2D eigenvalue weighted by atomic mass is 32.2. The van der Waals surface area contributed by atoms with Crippen molar-refractivity contribution in [2.45, 2.75) is 23.3 Å². The van der Waals surface area contributed by atoms with Gasteiger partial charge in [0.15, 0.2) is 0 Å². The van der Waals surface area contributed by atoms with Crippen LogP contribution in [0.4, 0.5) is 5.69 Å². The summed E-state index contributed by atoms with van der Waals surface area (Å²) in [5.41, 5.74) is 2.92. The highest BCUT2D eigenvalue weighted by Gasteiger charge is 2.20. The van der Waals surface area contributed by atoms with E-state index in [1.165, 1.54) is 24.3 Å². The third kappa shape index (κ3) is 7.12. The molecule has 0 amide bonds. The van der Waals surface area contributed by atoms with E-state index >= 15 is 0 Å². The number of phenols is 1. The number of hydrogen-bond donors (Lipinski definition) is 4. The first kappa shape index (κ1) is 28.9. The van der Waals surface area contributed by atoms with Crippen molar-refractivity contribution < 1.29 is 28.1 Å². The molecule has 1 atom stereocenters. The van der Waals surface area contributed by atoms with E-state index in [0.29, 0.717) is 12.1 Å². The number of hydrogen-bond acceptors (Lipinski definition) is 7. The third-order valence-electron chi connectivity index (χ3n) is 6.76. The first-order valence-corrected chi connectivity index (χ1v) is 14.4. The molecule has 0 aliphatic heterocycles. The Morgan fingerprint density at radius 3 is 1.85 bits per heavy atom. The van der Waals surface area contributed by atoms with Crippen LogP contribution in [0.3, 0.4) is 0 Å². The van der Waals surface area contributed by atoms with Crippen molar-refractivity contribution >= 4 is 15.7 Å². The Bertz CT molecular complexity index is 1430. The lowest BCUT2D eigenvalue weighted by atomic mass is 9.88. The van der Waals surface area contributed by atoms with Crippen LogP contribution in [0.15, 0.2) is 102 Å². The van der Waals surface area contributed by atoms with Gasteiger partial charge < -0.3 is 25.0 Å². The summed E-state index contributed by atoms with van der Waals surface area (Å²) in [6, 6.07) is 28.0. The molecule has 0 bridgehead atoms. The molecule has 0 heterocycles. The van der Waals surface area contributed by atoms with Gasteiger partial charge in [-0.2, -0.15) is 0 Å². The van der Waals surface area contributed by atoms with Crippen LogP contribution in [0, 0.1) is 0 Å². The van der Waals surface area contributed by atoms with Crippen molar-refractivity contribution in [3.05, 3.63) is 114 Å². The topological polar surface area (TPSA) is 117 Å². The quantitative estimate of drug-likeness (QED) is 0.168. The minimum atomic E-state index is -3.90. The van der Waals surface area contributed by atoms with Gasteiger partial charge in [0.05, 0.1) is 37.5 Å². The summed E-state index contributed by atoms with van der Waals surface area (Å²) < 4.78 is 38.7. The Morgan fingerprint density at radius 2 is 1.32 bits per heavy atom. The molecule has 4 aromatic carbocycles. The average molecular weight is 563 g/mol. The van der Waals surface area contributed by atoms with Gasteiger partial charge in [0.1, 0.15) is 17.2 Å². The van der Waals surface area contributed by atoms with Crippen LogP contribution >= 0.6 is 0 Å². The number of anilines is 1. The maximum Gasteiger partial charge on any atom is 0.262 e. The van der Waals surface area contributed by atoms with Crippen molar-refractivity contribution in [2.24, 2.45) is 0 Å². The van der Waals surface area contributed by atoms with E-state index in [-0.39, 0.29) is 28.9 Å². The second-order valence-electron chi connectivity index (χ2n) is 9.27. The van der Waals surface area contributed by atoms with Crippen molar-refractivity contribution in [3.8, 4) is 17.2 Å². The fourth-order valence-corrected chi connectivity index (χ4v) is 5.63. The molecule has 4 aromatic rings. The molecular weight excluding hydrogens is 528 g/mol. The maximum absolute atomic E-state index is 12.8. The Labute approximate surface area is 235 Å². The molecule has 40 heavy (non-hydrogen) atoms. The van der Waals surface area contributed by atoms with Gasteiger partial charge in [-0.3, -0.25) is 4.72 Å². The van der Waals surface area contributed by atoms with Crippen molar-refractivity contribution in [1.29, 1.82) is 0 Å². The summed E-state index contributed by atoms with van der Waals surface area (Å²) in [6.45, 7) is 0.339. The van der Waals surface area contributed by atoms with Crippen molar-refractivity contribution in [2.75, 3.05) is 32.1 Å². The van der Waals surface area contributed by atoms with Crippen LogP contribution in [0.25, 0.3) is 0 Å². The molecule has 4 rings (SSSR count). The summed E-state index contributed by atoms with van der Waals surface area (Å²) in [5, 5.41) is 23.9. The van der Waals surface area contributed by atoms with E-state index in [2.05, 4.69) is 10.0 Å². The second-order valence-corrected chi connectivity index (χ2v) is 11.0. The second kappa shape index (κ2) is 13.3. The van der Waals surface area contributed by atoms with Crippen LogP contribution in [0.1, 0.15) is 35.1 Å². The molecule has 0 unspecified atom stereocenters. The predicted molar refractivity (Wildman–Crippen MR) is 156 cm³/mol. The van der Waals surface area contributed by atoms with Gasteiger partial charge in [0, 0.05) is 5.92 Å². The van der Waals surface area contributed by atoms with E-state index < -0.39 is 16.1 Å². The van der Waals surface area contributed by atoms with Gasteiger partial charge in [0.2, 0.25) is 0 Å². The Hall–Kier alpha value is -4.05. The molecule has 0 aliphatic rings. The zero-order chi connectivity index (χ0) is 28.5. The fourth-order valence-electron chi connectivity index (χ4n) is 4.54. The number of rotatable bonds is 13. The van der Waals surface area contributed by atoms with Crippen LogP contribution in [-0.4, -0.2) is 46.0 Å². The highest BCUT2D eigenvalue weighted by molar-refractivity contribution is 7.92. The lowest BCUT2D eigenvalue weighted by molar-refractivity contribution is 0.244. The minimum absolute atomic E-state index is 0.0379. The smallest absolute Gasteiger partial charge is 0.262 e. The molecule has 9 heteroatoms. The van der Waals surface area contributed by atoms with E-state index in [4.69, 9.17) is 9.47 Å². The summed E-state index contributed by atoms with van der Waals surface area (Å²) in [6.07, 6.45) is 0.723. The van der Waals surface area contributed by atoms with Crippen LogP contribution in [0.2, 0.25) is 0 Å². The summed E-state index contributed by atoms with van der Waals surface area (Å²) in [4.78, 5) is 0.0831. The van der Waals surface area contributed by atoms with Crippen molar-refractivity contribution in [3.63, 3.8) is 0 Å². The molecule has 0 spiro atoms. The number of aliphatic hydroxyl groups is 1. The molecule has 210 valence electrons. The first-order chi connectivity index (χ1) is 19.3. The fraction of sp³-hybridized carbons (Fsp3) is 0.226. The zero-order valence-corrected chi connectivity index (χ0v) is 23.3. The molecular formula is C31H34N2O6S. The van der Waals surface area contributed by atoms with Gasteiger partial charge in [-0.15, -0.1) is 0 Å². The minimum Gasteiger partial charge on any atom is -0.506 e. The number of benzene rings is 4. The Kier molecular flexibility index (Phi) is 9.65. The number of aliphatic hydroxyl groups excluding tert-OH is 1. The number of sulfonamides is 1. The number of methoxy groups -OCH3 is 2. The highest BCUT2D eigenvalue weighted by Crippen LogP contribution is 2.32. The molecule has 8 nitrogen and oxygen atoms in total. The molecule has 0 aromatic heterocycles. The van der Waals surface area contributed by atoms with Crippen LogP contribution < -0.4 is 19.5 Å². The number of aromatic hydroxyl groups is 1. The van der Waals surface area contributed by atoms with Crippen LogP contribution in [-0.2, 0) is 10.0 Å². The monoisotopic (exact) mass is 562 g/mol. The molecule has 0 saturated carbocycles. The third-order valence-corrected chi connectivity index (χ3v) is 8.14. The Morgan fingerprint density at radius 1 is 0.775 bits per heavy atom. The standard InChI is InChI=1S/C31H34N2O6S/c1-38-25-13-8-22(9-14-25)28(23-10-15-26(39-2)16-11-23)18-19-32-30(21-34)24-12-17-31(35)29(20-24)33-40(36,37)27-6-4-3-5-7-27/h3-17,20,28,30,32-35H,18-19,21H2,1-2H3/t30-/m1/s1. The van der Waals surface area contributed by atoms with Gasteiger partial charge in [-0.05, 0) is 78.2 Å². The lowest BCUT2D eigenvalue weighted by Crippen LogP contribution is -2.27. The zero-order valence-electron chi connectivity index (χ0n) is 22.4. The number of ether oxygens (including phenoxy) is 2. The van der Waals surface area contributed by atoms with Gasteiger partial charge in [0.25, 0.3) is 10.0 Å². The van der Waals surface area contributed by atoms with E-state index in [9.17, 15) is 18.6 Å². The molecule has 4 N–H and O–H groups in total. The lowest BCUT2D eigenvalue weighted by Gasteiger charge is -2.22. The molecule has 0 fully saturated rings. The average Bonchev–Trinajstić information content (AvgIpc) is 2.99. The van der Waals surface area contributed by atoms with E-state index in [1.807, 2.05) is 48.5 Å². The number of phenolic OH excluding ortho intramolecular Hbond substituents is 1. The molecule has 0 radical (unpaired) electrons. The molecule has 0 saturated heterocycles. The van der Waals surface area contributed by atoms with Gasteiger partial charge in [-0.25, -0.2) is 8.42 Å². The van der Waals surface area contributed by atoms with Crippen LogP contribution in [0.5, 0.6) is 17.2 Å². The van der Waals surface area contributed by atoms with E-state index in [1.54, 1.807) is 38.5 Å². The number of nitrogens with one attached hydrogen (secondary N) is 2. The SMILES string of the molecule is COc1ccc(C(CCN[C@H](CO)c2ccc(O)c(NS(=O)(=O)c3ccccc3)c2)c2ccc(OC)cc2)cc1. The molecule has 0 aliphatic carbocycles. The normalized spacial score (nSPS) is 12.2. The Balaban J connectivity index is 1.50. The van der Waals surface area contributed by atoms with E-state index in [0.717, 1.165) is 29.0 Å². The first-order valence-electron chi connectivity index (χ1n) is 12.9.